The van der Waals surface area contributed by atoms with Gasteiger partial charge in [-0.05, 0) is 32.1 Å². The van der Waals surface area contributed by atoms with Gasteiger partial charge in [0.2, 0.25) is 0 Å². The van der Waals surface area contributed by atoms with Crippen molar-refractivity contribution in [2.45, 2.75) is 50.6 Å². The highest BCUT2D eigenvalue weighted by Gasteiger charge is 2.48. The minimum absolute atomic E-state index is 0.0753. The fourth-order valence-corrected chi connectivity index (χ4v) is 3.23. The zero-order valence-corrected chi connectivity index (χ0v) is 14.5. The number of rotatable bonds is 5. The van der Waals surface area contributed by atoms with Crippen LogP contribution in [0.1, 0.15) is 13.8 Å². The van der Waals surface area contributed by atoms with Crippen molar-refractivity contribution < 1.29 is 17.9 Å². The molecule has 26 heavy (non-hydrogen) atoms. The van der Waals surface area contributed by atoms with E-state index in [1.807, 2.05) is 12.2 Å². The Balaban J connectivity index is 1.38. The van der Waals surface area contributed by atoms with Gasteiger partial charge in [-0.25, -0.2) is 10.4 Å². The number of hydrazine groups is 1. The van der Waals surface area contributed by atoms with Gasteiger partial charge in [0, 0.05) is 17.5 Å². The van der Waals surface area contributed by atoms with Crippen LogP contribution >= 0.6 is 0 Å². The summed E-state index contributed by atoms with van der Waals surface area (Å²) in [4.78, 5) is 0. The van der Waals surface area contributed by atoms with Crippen LogP contribution in [0.2, 0.25) is 0 Å². The molecular weight excluding hydrogens is 347 g/mol. The SMILES string of the molecule is CC1NC=C(C2=CC=CC(NC3OC3[C@H](C)N3CN3)N2)C=C1C(F)(F)F. The van der Waals surface area contributed by atoms with E-state index in [1.54, 1.807) is 12.3 Å². The second-order valence-corrected chi connectivity index (χ2v) is 6.89. The number of dihydropyridines is 2. The molecule has 0 aliphatic carbocycles. The molecule has 4 heterocycles. The van der Waals surface area contributed by atoms with Gasteiger partial charge < -0.3 is 15.4 Å². The smallest absolute Gasteiger partial charge is 0.384 e. The Bertz CT molecular complexity index is 695. The maximum Gasteiger partial charge on any atom is 0.414 e. The maximum absolute atomic E-state index is 13.2. The predicted octanol–water partition coefficient (Wildman–Crippen LogP) is 1.20. The van der Waals surface area contributed by atoms with Gasteiger partial charge in [0.15, 0.2) is 0 Å². The van der Waals surface area contributed by atoms with E-state index in [4.69, 9.17) is 4.74 Å². The molecule has 2 fully saturated rings. The van der Waals surface area contributed by atoms with Crippen molar-refractivity contribution in [1.29, 1.82) is 0 Å². The van der Waals surface area contributed by atoms with Gasteiger partial charge in [0.25, 0.3) is 0 Å². The van der Waals surface area contributed by atoms with Crippen LogP contribution in [0.15, 0.2) is 47.3 Å². The molecule has 4 aliphatic heterocycles. The lowest BCUT2D eigenvalue weighted by Crippen LogP contribution is -2.45. The minimum Gasteiger partial charge on any atom is -0.384 e. The molecule has 0 radical (unpaired) electrons. The monoisotopic (exact) mass is 369 g/mol. The first-order chi connectivity index (χ1) is 12.3. The molecule has 0 saturated carbocycles. The summed E-state index contributed by atoms with van der Waals surface area (Å²) < 4.78 is 45.1. The quantitative estimate of drug-likeness (QED) is 0.546. The van der Waals surface area contributed by atoms with Crippen molar-refractivity contribution in [2.75, 3.05) is 6.67 Å². The lowest BCUT2D eigenvalue weighted by molar-refractivity contribution is -0.0960. The highest BCUT2D eigenvalue weighted by Crippen LogP contribution is 2.33. The summed E-state index contributed by atoms with van der Waals surface area (Å²) in [5.74, 6) is 0. The largest absolute Gasteiger partial charge is 0.414 e. The number of epoxide rings is 1. The van der Waals surface area contributed by atoms with Gasteiger partial charge in [-0.2, -0.15) is 13.2 Å². The number of nitrogens with one attached hydrogen (secondary N) is 4. The fourth-order valence-electron chi connectivity index (χ4n) is 3.23. The van der Waals surface area contributed by atoms with Crippen molar-refractivity contribution in [3.05, 3.63) is 47.3 Å². The molecule has 4 N–H and O–H groups in total. The number of halogens is 3. The summed E-state index contributed by atoms with van der Waals surface area (Å²) in [5.41, 5.74) is 3.64. The third kappa shape index (κ3) is 3.66. The average Bonchev–Trinajstić information content (AvgIpc) is 3.49. The van der Waals surface area contributed by atoms with E-state index in [1.165, 1.54) is 13.0 Å². The molecule has 6 nitrogen and oxygen atoms in total. The Morgan fingerprint density at radius 2 is 2.15 bits per heavy atom. The van der Waals surface area contributed by atoms with Crippen molar-refractivity contribution in [3.8, 4) is 0 Å². The molecule has 9 heteroatoms. The van der Waals surface area contributed by atoms with Gasteiger partial charge in [0.1, 0.15) is 12.3 Å². The van der Waals surface area contributed by atoms with Crippen molar-refractivity contribution in [2.24, 2.45) is 0 Å². The first-order valence-electron chi connectivity index (χ1n) is 8.65. The molecule has 0 aromatic carbocycles. The number of allylic oxidation sites excluding steroid dienone is 3. The predicted molar refractivity (Wildman–Crippen MR) is 90.1 cm³/mol. The number of nitrogens with zero attached hydrogens (tertiary/aromatic N) is 1. The lowest BCUT2D eigenvalue weighted by atomic mass is 9.99. The van der Waals surface area contributed by atoms with E-state index in [0.29, 0.717) is 11.3 Å². The van der Waals surface area contributed by atoms with Crippen molar-refractivity contribution in [1.82, 2.24) is 26.4 Å². The average molecular weight is 369 g/mol. The summed E-state index contributed by atoms with van der Waals surface area (Å²) in [6.45, 7) is 4.46. The molecule has 0 amide bonds. The summed E-state index contributed by atoms with van der Waals surface area (Å²) in [6, 6.07) is -0.486. The van der Waals surface area contributed by atoms with E-state index in [0.717, 1.165) is 6.67 Å². The van der Waals surface area contributed by atoms with Gasteiger partial charge in [0.05, 0.1) is 30.5 Å². The van der Waals surface area contributed by atoms with E-state index < -0.39 is 17.8 Å². The van der Waals surface area contributed by atoms with Gasteiger partial charge in [-0.15, -0.1) is 0 Å². The molecule has 4 rings (SSSR count). The zero-order chi connectivity index (χ0) is 18.5. The number of hydrogen-bond donors (Lipinski definition) is 4. The van der Waals surface area contributed by atoms with Crippen LogP contribution in [0, 0.1) is 0 Å². The summed E-state index contributed by atoms with van der Waals surface area (Å²) >= 11 is 0. The standard InChI is InChI=1S/C17H22F3N5O/c1-9-12(17(18,19)20)6-11(7-21-9)13-4-3-5-14(23-13)24-16-15(26-16)10(2)25-8-22-25/h3-7,9-10,14-16,21-24H,8H2,1-2H3/t9?,10-,14?,15?,16?,25?/m0/s1. The Morgan fingerprint density at radius 3 is 2.85 bits per heavy atom. The number of hydrogen-bond acceptors (Lipinski definition) is 6. The van der Waals surface area contributed by atoms with Crippen LogP contribution in [0.5, 0.6) is 0 Å². The van der Waals surface area contributed by atoms with Crippen molar-refractivity contribution >= 4 is 0 Å². The van der Waals surface area contributed by atoms with Crippen LogP contribution in [0.4, 0.5) is 13.2 Å². The molecule has 4 aliphatic rings. The zero-order valence-electron chi connectivity index (χ0n) is 14.5. The number of ether oxygens (including phenoxy) is 1. The first kappa shape index (κ1) is 17.6. The number of alkyl halides is 3. The Morgan fingerprint density at radius 1 is 1.38 bits per heavy atom. The molecule has 2 saturated heterocycles. The normalized spacial score (nSPS) is 37.0. The van der Waals surface area contributed by atoms with Crippen LogP contribution in [0.3, 0.4) is 0 Å². The molecule has 0 aromatic rings. The third-order valence-corrected chi connectivity index (χ3v) is 4.96. The summed E-state index contributed by atoms with van der Waals surface area (Å²) in [5, 5.41) is 11.4. The van der Waals surface area contributed by atoms with Gasteiger partial charge in [-0.1, -0.05) is 6.08 Å². The molecule has 0 aromatic heterocycles. The van der Waals surface area contributed by atoms with E-state index >= 15 is 0 Å². The highest BCUT2D eigenvalue weighted by molar-refractivity contribution is 5.47. The minimum atomic E-state index is -4.36. The molecular formula is C17H22F3N5O. The second-order valence-electron chi connectivity index (χ2n) is 6.89. The third-order valence-electron chi connectivity index (χ3n) is 4.96. The molecule has 5 unspecified atom stereocenters. The van der Waals surface area contributed by atoms with Crippen molar-refractivity contribution in [3.63, 3.8) is 0 Å². The van der Waals surface area contributed by atoms with E-state index in [2.05, 4.69) is 33.3 Å². The Labute approximate surface area is 149 Å². The Kier molecular flexibility index (Phi) is 4.34. The molecule has 0 spiro atoms. The topological polar surface area (TPSA) is 73.6 Å². The van der Waals surface area contributed by atoms with Gasteiger partial charge in [-0.3, -0.25) is 5.32 Å². The van der Waals surface area contributed by atoms with Crippen LogP contribution < -0.4 is 21.4 Å². The maximum atomic E-state index is 13.2. The van der Waals surface area contributed by atoms with E-state index in [-0.39, 0.29) is 24.5 Å². The highest BCUT2D eigenvalue weighted by atomic mass is 19.4. The summed E-state index contributed by atoms with van der Waals surface area (Å²) in [7, 11) is 0. The van der Waals surface area contributed by atoms with Crippen LogP contribution in [-0.4, -0.2) is 48.4 Å². The molecule has 142 valence electrons. The van der Waals surface area contributed by atoms with Crippen LogP contribution in [-0.2, 0) is 4.74 Å². The molecule has 6 atom stereocenters. The summed E-state index contributed by atoms with van der Waals surface area (Å²) in [6.07, 6.45) is 3.78. The fraction of sp³-hybridized carbons (Fsp3) is 0.529. The molecule has 0 bridgehead atoms. The van der Waals surface area contributed by atoms with E-state index in [9.17, 15) is 13.2 Å². The second kappa shape index (κ2) is 6.41. The van der Waals surface area contributed by atoms with Crippen LogP contribution in [0.25, 0.3) is 0 Å². The Hall–Kier alpha value is -1.81. The van der Waals surface area contributed by atoms with Gasteiger partial charge >= 0.3 is 6.18 Å². The first-order valence-corrected chi connectivity index (χ1v) is 8.65. The lowest BCUT2D eigenvalue weighted by Gasteiger charge is -2.28.